The van der Waals surface area contributed by atoms with Gasteiger partial charge in [-0.3, -0.25) is 0 Å². The molecule has 1 amide bonds. The van der Waals surface area contributed by atoms with Gasteiger partial charge in [-0.15, -0.1) is 0 Å². The predicted molar refractivity (Wildman–Crippen MR) is 110 cm³/mol. The van der Waals surface area contributed by atoms with Crippen molar-refractivity contribution in [1.29, 1.82) is 0 Å². The number of esters is 1. The fraction of sp³-hybridized carbons (Fsp3) is 0.526. The molecule has 2 aromatic heterocycles. The van der Waals surface area contributed by atoms with Crippen LogP contribution >= 0.6 is 11.8 Å². The average Bonchev–Trinajstić information content (AvgIpc) is 3.19. The van der Waals surface area contributed by atoms with Crippen LogP contribution in [0.1, 0.15) is 43.8 Å². The minimum Gasteiger partial charge on any atom is -0.458 e. The van der Waals surface area contributed by atoms with Crippen molar-refractivity contribution in [1.82, 2.24) is 5.32 Å². The Morgan fingerprint density at radius 3 is 1.88 bits per heavy atom. The molecule has 14 heteroatoms. The molecule has 0 saturated heterocycles. The normalized spacial score (nSPS) is 12.2. The lowest BCUT2D eigenvalue weighted by atomic mass is 10.2. The van der Waals surface area contributed by atoms with E-state index in [1.54, 1.807) is 20.8 Å². The molecule has 0 aliphatic rings. The maximum Gasteiger partial charge on any atom is 0.519 e. The predicted octanol–water partition coefficient (Wildman–Crippen LogP) is 2.40. The molecule has 0 aliphatic carbocycles. The van der Waals surface area contributed by atoms with E-state index in [1.807, 2.05) is 0 Å². The molecule has 0 bridgehead atoms. The van der Waals surface area contributed by atoms with Crippen molar-refractivity contribution >= 4 is 29.1 Å². The summed E-state index contributed by atoms with van der Waals surface area (Å²) in [4.78, 5) is 58.7. The zero-order valence-electron chi connectivity index (χ0n) is 18.5. The van der Waals surface area contributed by atoms with Crippen LogP contribution in [0.5, 0.6) is 0 Å². The van der Waals surface area contributed by atoms with Crippen molar-refractivity contribution in [2.75, 3.05) is 5.75 Å². The highest BCUT2D eigenvalue weighted by atomic mass is 32.2. The number of hydrogen-bond acceptors (Lipinski definition) is 13. The molecular weight excluding hydrogens is 466 g/mol. The van der Waals surface area contributed by atoms with Gasteiger partial charge >= 0.3 is 29.0 Å². The van der Waals surface area contributed by atoms with Crippen LogP contribution in [0.2, 0.25) is 0 Å². The quantitative estimate of drug-likeness (QED) is 0.422. The summed E-state index contributed by atoms with van der Waals surface area (Å²) in [5, 5.41) is 1.48. The number of ether oxygens (including phenoxy) is 3. The average molecular weight is 489 g/mol. The van der Waals surface area contributed by atoms with E-state index in [4.69, 9.17) is 23.0 Å². The first-order valence-corrected chi connectivity index (χ1v) is 10.5. The largest absolute Gasteiger partial charge is 0.519 e. The fourth-order valence-electron chi connectivity index (χ4n) is 2.19. The van der Waals surface area contributed by atoms with Crippen LogP contribution in [0.4, 0.5) is 9.59 Å². The van der Waals surface area contributed by atoms with E-state index in [2.05, 4.69) is 14.2 Å². The van der Waals surface area contributed by atoms with E-state index in [-0.39, 0.29) is 35.4 Å². The number of thioether (sulfide) groups is 1. The van der Waals surface area contributed by atoms with E-state index in [1.165, 1.54) is 13.8 Å². The van der Waals surface area contributed by atoms with Gasteiger partial charge in [-0.25, -0.2) is 24.0 Å². The Morgan fingerprint density at radius 1 is 0.909 bits per heavy atom. The van der Waals surface area contributed by atoms with Gasteiger partial charge in [0.05, 0.1) is 0 Å². The molecule has 182 valence electrons. The minimum atomic E-state index is -1.28. The van der Waals surface area contributed by atoms with Crippen molar-refractivity contribution in [3.63, 3.8) is 0 Å². The van der Waals surface area contributed by atoms with Crippen molar-refractivity contribution in [3.8, 4) is 0 Å². The Kier molecular flexibility index (Phi) is 8.56. The molecule has 0 unspecified atom stereocenters. The van der Waals surface area contributed by atoms with Gasteiger partial charge < -0.3 is 37.2 Å². The van der Waals surface area contributed by atoms with Crippen molar-refractivity contribution in [3.05, 3.63) is 44.3 Å². The maximum absolute atomic E-state index is 12.5. The molecular formula is C19H23NO12S. The molecule has 0 aromatic carbocycles. The van der Waals surface area contributed by atoms with Gasteiger partial charge in [0.2, 0.25) is 0 Å². The number of hydrogen-bond donors (Lipinski definition) is 1. The van der Waals surface area contributed by atoms with Crippen LogP contribution in [0.15, 0.2) is 27.3 Å². The molecule has 1 atom stereocenters. The lowest BCUT2D eigenvalue weighted by Gasteiger charge is -2.24. The number of carbonyl (C=O) groups is 3. The number of aryl methyl sites for hydroxylation is 2. The van der Waals surface area contributed by atoms with Crippen LogP contribution in [0.25, 0.3) is 0 Å². The highest BCUT2D eigenvalue weighted by Gasteiger charge is 2.29. The molecule has 2 rings (SSSR count). The van der Waals surface area contributed by atoms with Gasteiger partial charge in [0, 0.05) is 5.75 Å². The smallest absolute Gasteiger partial charge is 0.458 e. The lowest BCUT2D eigenvalue weighted by Crippen LogP contribution is -2.46. The molecule has 33 heavy (non-hydrogen) atoms. The summed E-state index contributed by atoms with van der Waals surface area (Å²) in [7, 11) is 0. The van der Waals surface area contributed by atoms with Gasteiger partial charge in [0.15, 0.2) is 36.3 Å². The second-order valence-electron chi connectivity index (χ2n) is 7.52. The fourth-order valence-corrected chi connectivity index (χ4v) is 2.85. The second kappa shape index (κ2) is 10.9. The van der Waals surface area contributed by atoms with E-state index in [0.717, 1.165) is 0 Å². The number of rotatable bonds is 8. The summed E-state index contributed by atoms with van der Waals surface area (Å²) < 4.78 is 33.9. The molecule has 2 heterocycles. The van der Waals surface area contributed by atoms with Crippen LogP contribution in [-0.4, -0.2) is 34.8 Å². The SMILES string of the molecule is Cc1oc(=O)oc1COC(=O)N[C@@H](CSC(=O)OCc1oc(=O)oc1C)C(=O)OC(C)(C)C. The van der Waals surface area contributed by atoms with Crippen LogP contribution in [-0.2, 0) is 32.2 Å². The van der Waals surface area contributed by atoms with Gasteiger partial charge in [0.25, 0.3) is 0 Å². The molecule has 2 aromatic rings. The van der Waals surface area contributed by atoms with Gasteiger partial charge in [-0.2, -0.15) is 0 Å². The van der Waals surface area contributed by atoms with E-state index in [9.17, 15) is 24.0 Å². The zero-order chi connectivity index (χ0) is 24.8. The maximum atomic E-state index is 12.5. The van der Waals surface area contributed by atoms with Crippen molar-refractivity contribution < 1.29 is 46.3 Å². The van der Waals surface area contributed by atoms with E-state index in [0.29, 0.717) is 11.8 Å². The molecule has 0 aliphatic heterocycles. The van der Waals surface area contributed by atoms with Crippen LogP contribution < -0.4 is 17.0 Å². The number of carbonyl (C=O) groups excluding carboxylic acids is 3. The lowest BCUT2D eigenvalue weighted by molar-refractivity contribution is -0.156. The summed E-state index contributed by atoms with van der Waals surface area (Å²) in [5.74, 6) is -2.60. The van der Waals surface area contributed by atoms with Gasteiger partial charge in [-0.05, 0) is 46.4 Å². The standard InChI is InChI=1S/C19H23NO12S/c1-9-12(30-16(23)28-9)6-26-15(22)20-11(14(21)32-19(3,4)5)8-33-18(25)27-7-13-10(2)29-17(24)31-13/h11H,6-8H2,1-5H3,(H,20,22)/t11-/m0/s1. The summed E-state index contributed by atoms with van der Waals surface area (Å²) in [6, 6.07) is -1.28. The Balaban J connectivity index is 1.93. The summed E-state index contributed by atoms with van der Waals surface area (Å²) in [6.45, 7) is 7.03. The first kappa shape index (κ1) is 25.8. The Hall–Kier alpha value is -3.42. The monoisotopic (exact) mass is 489 g/mol. The van der Waals surface area contributed by atoms with Crippen LogP contribution in [0, 0.1) is 13.8 Å². The van der Waals surface area contributed by atoms with Gasteiger partial charge in [-0.1, -0.05) is 0 Å². The number of alkyl carbamates (subject to hydrolysis) is 1. The first-order valence-electron chi connectivity index (χ1n) is 9.48. The number of nitrogens with one attached hydrogen (secondary N) is 1. The van der Waals surface area contributed by atoms with Gasteiger partial charge in [0.1, 0.15) is 11.6 Å². The topological polar surface area (TPSA) is 178 Å². The minimum absolute atomic E-state index is 0.00288. The Bertz CT molecular complexity index is 1100. The van der Waals surface area contributed by atoms with Crippen molar-refractivity contribution in [2.45, 2.75) is 59.5 Å². The Labute approximate surface area is 190 Å². The van der Waals surface area contributed by atoms with Crippen LogP contribution in [0.3, 0.4) is 0 Å². The summed E-state index contributed by atoms with van der Waals surface area (Å²) in [5.41, 5.74) is -0.861. The molecule has 0 radical (unpaired) electrons. The molecule has 0 saturated carbocycles. The summed E-state index contributed by atoms with van der Waals surface area (Å²) in [6.07, 6.45) is -1.03. The highest BCUT2D eigenvalue weighted by molar-refractivity contribution is 8.13. The third-order valence-electron chi connectivity index (χ3n) is 3.68. The molecule has 0 spiro atoms. The Morgan fingerprint density at radius 2 is 1.42 bits per heavy atom. The van der Waals surface area contributed by atoms with Crippen molar-refractivity contribution in [2.24, 2.45) is 0 Å². The van der Waals surface area contributed by atoms with E-state index < -0.39 is 47.3 Å². The van der Waals surface area contributed by atoms with E-state index >= 15 is 0 Å². The first-order chi connectivity index (χ1) is 15.3. The molecule has 0 fully saturated rings. The highest BCUT2D eigenvalue weighted by Crippen LogP contribution is 2.15. The summed E-state index contributed by atoms with van der Waals surface area (Å²) >= 11 is 0.576. The third-order valence-corrected chi connectivity index (χ3v) is 4.53. The zero-order valence-corrected chi connectivity index (χ0v) is 19.3. The molecule has 1 N–H and O–H groups in total. The molecule has 13 nitrogen and oxygen atoms in total. The third kappa shape index (κ3) is 8.56. The number of amides is 1. The second-order valence-corrected chi connectivity index (χ2v) is 8.48.